The highest BCUT2D eigenvalue weighted by molar-refractivity contribution is 5.69. The van der Waals surface area contributed by atoms with Crippen molar-refractivity contribution in [2.24, 2.45) is 5.92 Å². The van der Waals surface area contributed by atoms with Crippen LogP contribution in [0.25, 0.3) is 0 Å². The number of rotatable bonds is 5. The summed E-state index contributed by atoms with van der Waals surface area (Å²) in [6.45, 7) is 0. The van der Waals surface area contributed by atoms with Crippen molar-refractivity contribution < 1.29 is 32.6 Å². The molecule has 0 aliphatic rings. The number of aliphatic hydroxyl groups is 1. The third-order valence-electron chi connectivity index (χ3n) is 3.61. The molecule has 3 nitrogen and oxygen atoms in total. The Morgan fingerprint density at radius 2 is 1.75 bits per heavy atom. The Hall–Kier alpha value is -2.41. The number of benzene rings is 2. The van der Waals surface area contributed by atoms with E-state index in [4.69, 9.17) is 0 Å². The van der Waals surface area contributed by atoms with Gasteiger partial charge in [0.25, 0.3) is 0 Å². The minimum atomic E-state index is -4.55. The van der Waals surface area contributed by atoms with Gasteiger partial charge in [-0.2, -0.15) is 13.2 Å². The molecule has 0 radical (unpaired) electrons. The lowest BCUT2D eigenvalue weighted by Gasteiger charge is -2.24. The maximum Gasteiger partial charge on any atom is 0.416 e. The van der Waals surface area contributed by atoms with Crippen LogP contribution in [0.4, 0.5) is 17.6 Å². The molecule has 0 spiro atoms. The monoisotopic (exact) mass is 341 g/mol. The van der Waals surface area contributed by atoms with Crippen LogP contribution in [-0.4, -0.2) is 11.1 Å². The highest BCUT2D eigenvalue weighted by Crippen LogP contribution is 2.31. The van der Waals surface area contributed by atoms with Gasteiger partial charge in [-0.25, -0.2) is 4.39 Å². The van der Waals surface area contributed by atoms with E-state index in [1.165, 1.54) is 18.2 Å². The first-order valence-corrected chi connectivity index (χ1v) is 6.99. The zero-order valence-corrected chi connectivity index (χ0v) is 12.3. The quantitative estimate of drug-likeness (QED) is 0.850. The Balaban J connectivity index is 2.26. The van der Waals surface area contributed by atoms with Crippen molar-refractivity contribution in [3.63, 3.8) is 0 Å². The molecule has 7 heteroatoms. The molecule has 0 amide bonds. The Morgan fingerprint density at radius 3 is 2.29 bits per heavy atom. The van der Waals surface area contributed by atoms with E-state index < -0.39 is 35.5 Å². The number of carboxylic acids is 1. The fraction of sp³-hybridized carbons (Fsp3) is 0.235. The fourth-order valence-corrected chi connectivity index (χ4v) is 2.34. The van der Waals surface area contributed by atoms with Crippen LogP contribution in [-0.2, 0) is 17.4 Å². The zero-order valence-electron chi connectivity index (χ0n) is 12.3. The molecule has 2 rings (SSSR count). The number of halogens is 4. The van der Waals surface area contributed by atoms with Crippen LogP contribution in [0.2, 0.25) is 0 Å². The van der Waals surface area contributed by atoms with Gasteiger partial charge in [0, 0.05) is 11.9 Å². The van der Waals surface area contributed by atoms with Gasteiger partial charge in [-0.1, -0.05) is 30.3 Å². The van der Waals surface area contributed by atoms with Crippen molar-refractivity contribution in [3.05, 3.63) is 71.0 Å². The lowest BCUT2D eigenvalue weighted by molar-refractivity contribution is -0.314. The maximum absolute atomic E-state index is 12.9. The second kappa shape index (κ2) is 7.00. The molecule has 0 fully saturated rings. The average Bonchev–Trinajstić information content (AvgIpc) is 2.52. The smallest absolute Gasteiger partial charge is 0.416 e. The molecule has 2 aromatic rings. The molecule has 24 heavy (non-hydrogen) atoms. The number of aliphatic carboxylic acids is 1. The molecule has 2 unspecified atom stereocenters. The van der Waals surface area contributed by atoms with Crippen LogP contribution < -0.4 is 5.11 Å². The summed E-state index contributed by atoms with van der Waals surface area (Å²) in [4.78, 5) is 11.3. The molecule has 0 saturated heterocycles. The SMILES string of the molecule is O=C([O-])C(Cc1cccc(C(F)(F)F)c1)C(O)c1ccc(F)cc1. The van der Waals surface area contributed by atoms with E-state index in [-0.39, 0.29) is 17.5 Å². The Morgan fingerprint density at radius 1 is 1.12 bits per heavy atom. The van der Waals surface area contributed by atoms with E-state index in [0.717, 1.165) is 30.3 Å². The lowest BCUT2D eigenvalue weighted by Crippen LogP contribution is -2.36. The second-order valence-corrected chi connectivity index (χ2v) is 5.32. The van der Waals surface area contributed by atoms with Gasteiger partial charge in [-0.05, 0) is 35.7 Å². The molecular weight excluding hydrogens is 328 g/mol. The molecule has 0 heterocycles. The van der Waals surface area contributed by atoms with Crippen LogP contribution in [0.5, 0.6) is 0 Å². The third kappa shape index (κ3) is 4.32. The molecule has 0 bridgehead atoms. The predicted octanol–water partition coefficient (Wildman–Crippen LogP) is 2.49. The maximum atomic E-state index is 12.9. The predicted molar refractivity (Wildman–Crippen MR) is 75.0 cm³/mol. The van der Waals surface area contributed by atoms with Crippen LogP contribution in [0.3, 0.4) is 0 Å². The molecule has 1 N–H and O–H groups in total. The van der Waals surface area contributed by atoms with Crippen molar-refractivity contribution >= 4 is 5.97 Å². The first kappa shape index (κ1) is 17.9. The van der Waals surface area contributed by atoms with Gasteiger partial charge in [-0.3, -0.25) is 0 Å². The highest BCUT2D eigenvalue weighted by Gasteiger charge is 2.31. The summed E-state index contributed by atoms with van der Waals surface area (Å²) < 4.78 is 51.0. The summed E-state index contributed by atoms with van der Waals surface area (Å²) in [5.41, 5.74) is -0.675. The number of alkyl halides is 3. The minimum Gasteiger partial charge on any atom is -0.550 e. The van der Waals surface area contributed by atoms with Gasteiger partial charge in [0.05, 0.1) is 11.7 Å². The standard InChI is InChI=1S/C17H14F4O3/c18-13-6-4-11(5-7-13)15(22)14(16(23)24)9-10-2-1-3-12(8-10)17(19,20)21/h1-8,14-15,22H,9H2,(H,23,24)/p-1. The summed E-state index contributed by atoms with van der Waals surface area (Å²) >= 11 is 0. The molecule has 2 aromatic carbocycles. The Kier molecular flexibility index (Phi) is 5.23. The van der Waals surface area contributed by atoms with E-state index in [9.17, 15) is 32.6 Å². The van der Waals surface area contributed by atoms with Gasteiger partial charge in [0.15, 0.2) is 0 Å². The molecule has 0 saturated carbocycles. The topological polar surface area (TPSA) is 60.4 Å². The molecule has 2 atom stereocenters. The van der Waals surface area contributed by atoms with Crippen molar-refractivity contribution in [1.82, 2.24) is 0 Å². The first-order valence-electron chi connectivity index (χ1n) is 6.99. The van der Waals surface area contributed by atoms with E-state index in [1.54, 1.807) is 0 Å². The number of carboxylic acid groups (broad SMARTS) is 1. The van der Waals surface area contributed by atoms with Gasteiger partial charge >= 0.3 is 6.18 Å². The fourth-order valence-electron chi connectivity index (χ4n) is 2.34. The zero-order chi connectivity index (χ0) is 17.9. The summed E-state index contributed by atoms with van der Waals surface area (Å²) in [5.74, 6) is -3.64. The van der Waals surface area contributed by atoms with Crippen molar-refractivity contribution in [1.29, 1.82) is 0 Å². The molecule has 0 aromatic heterocycles. The Bertz CT molecular complexity index is 711. The Labute approximate surface area is 135 Å². The number of aliphatic hydroxyl groups excluding tert-OH is 1. The summed E-state index contributed by atoms with van der Waals surface area (Å²) in [6.07, 6.45) is -6.45. The third-order valence-corrected chi connectivity index (χ3v) is 3.61. The highest BCUT2D eigenvalue weighted by atomic mass is 19.4. The van der Waals surface area contributed by atoms with Gasteiger partial charge in [0.1, 0.15) is 5.82 Å². The summed E-state index contributed by atoms with van der Waals surface area (Å²) in [5, 5.41) is 21.5. The minimum absolute atomic E-state index is 0.0974. The van der Waals surface area contributed by atoms with Gasteiger partial charge in [0.2, 0.25) is 0 Å². The van der Waals surface area contributed by atoms with Crippen molar-refractivity contribution in [3.8, 4) is 0 Å². The van der Waals surface area contributed by atoms with E-state index in [0.29, 0.717) is 0 Å². The number of carbonyl (C=O) groups excluding carboxylic acids is 1. The number of hydrogen-bond donors (Lipinski definition) is 1. The molecule has 0 aliphatic heterocycles. The number of carbonyl (C=O) groups is 1. The normalized spacial score (nSPS) is 14.2. The lowest BCUT2D eigenvalue weighted by atomic mass is 9.89. The first-order chi connectivity index (χ1) is 11.2. The molecule has 128 valence electrons. The number of hydrogen-bond acceptors (Lipinski definition) is 3. The van der Waals surface area contributed by atoms with Crippen LogP contribution in [0.1, 0.15) is 22.8 Å². The van der Waals surface area contributed by atoms with Gasteiger partial charge < -0.3 is 15.0 Å². The molecule has 0 aliphatic carbocycles. The molecular formula is C17H13F4O3-. The second-order valence-electron chi connectivity index (χ2n) is 5.32. The van der Waals surface area contributed by atoms with Crippen molar-refractivity contribution in [2.45, 2.75) is 18.7 Å². The van der Waals surface area contributed by atoms with Crippen molar-refractivity contribution in [2.75, 3.05) is 0 Å². The van der Waals surface area contributed by atoms with Crippen LogP contribution in [0, 0.1) is 11.7 Å². The van der Waals surface area contributed by atoms with E-state index in [2.05, 4.69) is 0 Å². The van der Waals surface area contributed by atoms with Gasteiger partial charge in [-0.15, -0.1) is 0 Å². The summed E-state index contributed by atoms with van der Waals surface area (Å²) in [7, 11) is 0. The average molecular weight is 341 g/mol. The largest absolute Gasteiger partial charge is 0.550 e. The van der Waals surface area contributed by atoms with Crippen LogP contribution >= 0.6 is 0 Å². The van der Waals surface area contributed by atoms with Crippen LogP contribution in [0.15, 0.2) is 48.5 Å². The van der Waals surface area contributed by atoms with E-state index in [1.807, 2.05) is 0 Å². The summed E-state index contributed by atoms with van der Waals surface area (Å²) in [6, 6.07) is 8.72. The van der Waals surface area contributed by atoms with E-state index >= 15 is 0 Å².